The van der Waals surface area contributed by atoms with Crippen molar-refractivity contribution in [3.8, 4) is 0 Å². The van der Waals surface area contributed by atoms with Crippen LogP contribution in [-0.2, 0) is 21.2 Å². The van der Waals surface area contributed by atoms with Gasteiger partial charge in [0.05, 0.1) is 4.90 Å². The van der Waals surface area contributed by atoms with Crippen molar-refractivity contribution in [2.75, 3.05) is 26.2 Å². The van der Waals surface area contributed by atoms with Gasteiger partial charge in [0.2, 0.25) is 15.9 Å². The largest absolute Gasteiger partial charge is 0.339 e. The zero-order valence-electron chi connectivity index (χ0n) is 19.4. The van der Waals surface area contributed by atoms with Crippen LogP contribution >= 0.6 is 0 Å². The molecule has 7 nitrogen and oxygen atoms in total. The van der Waals surface area contributed by atoms with E-state index in [0.717, 1.165) is 12.8 Å². The molecule has 0 bridgehead atoms. The lowest BCUT2D eigenvalue weighted by molar-refractivity contribution is -0.132. The van der Waals surface area contributed by atoms with Gasteiger partial charge >= 0.3 is 0 Å². The Morgan fingerprint density at radius 1 is 0.939 bits per heavy atom. The van der Waals surface area contributed by atoms with Crippen molar-refractivity contribution >= 4 is 21.8 Å². The predicted octanol–water partition coefficient (Wildman–Crippen LogP) is 3.07. The summed E-state index contributed by atoms with van der Waals surface area (Å²) in [6.45, 7) is 5.69. The highest BCUT2D eigenvalue weighted by Crippen LogP contribution is 2.15. The van der Waals surface area contributed by atoms with Gasteiger partial charge in [0, 0.05) is 44.2 Å². The first-order valence-electron chi connectivity index (χ1n) is 11.5. The Bertz CT molecular complexity index is 1030. The molecule has 1 aliphatic rings. The van der Waals surface area contributed by atoms with Gasteiger partial charge in [0.25, 0.3) is 5.91 Å². The third-order valence-corrected chi connectivity index (χ3v) is 7.60. The average Bonchev–Trinajstić information content (AvgIpc) is 2.84. The molecular formula is C25H33N3O4S. The van der Waals surface area contributed by atoms with Crippen molar-refractivity contribution in [2.45, 2.75) is 50.5 Å². The highest BCUT2D eigenvalue weighted by Gasteiger charge is 2.25. The van der Waals surface area contributed by atoms with Crippen molar-refractivity contribution < 1.29 is 18.0 Å². The predicted molar refractivity (Wildman–Crippen MR) is 128 cm³/mol. The molecule has 1 fully saturated rings. The van der Waals surface area contributed by atoms with E-state index in [0.29, 0.717) is 44.6 Å². The first-order chi connectivity index (χ1) is 15.8. The van der Waals surface area contributed by atoms with Crippen LogP contribution in [0.1, 0.15) is 49.0 Å². The van der Waals surface area contributed by atoms with Gasteiger partial charge in [-0.25, -0.2) is 13.1 Å². The number of hydrogen-bond acceptors (Lipinski definition) is 4. The minimum absolute atomic E-state index is 0.126. The third kappa shape index (κ3) is 6.88. The second-order valence-corrected chi connectivity index (χ2v) is 10.2. The zero-order chi connectivity index (χ0) is 23.8. The Morgan fingerprint density at radius 2 is 1.55 bits per heavy atom. The van der Waals surface area contributed by atoms with Crippen LogP contribution in [0.2, 0.25) is 0 Å². The highest BCUT2D eigenvalue weighted by molar-refractivity contribution is 7.89. The molecule has 178 valence electrons. The molecule has 0 saturated carbocycles. The van der Waals surface area contributed by atoms with Crippen LogP contribution in [0.25, 0.3) is 0 Å². The summed E-state index contributed by atoms with van der Waals surface area (Å²) in [5.74, 6) is -0.0218. The SMILES string of the molecule is CCC(C)NS(=O)(=O)c1ccc(C(=O)N2CCN(C(=O)CCCc3ccccc3)CC2)cc1. The molecular weight excluding hydrogens is 438 g/mol. The molecule has 1 N–H and O–H groups in total. The van der Waals surface area contributed by atoms with E-state index in [4.69, 9.17) is 0 Å². The molecule has 1 heterocycles. The van der Waals surface area contributed by atoms with Crippen LogP contribution in [0, 0.1) is 0 Å². The van der Waals surface area contributed by atoms with Gasteiger partial charge in [-0.1, -0.05) is 37.3 Å². The number of hydrogen-bond donors (Lipinski definition) is 1. The number of sulfonamides is 1. The molecule has 0 spiro atoms. The number of amides is 2. The number of carbonyl (C=O) groups excluding carboxylic acids is 2. The van der Waals surface area contributed by atoms with Crippen LogP contribution in [0.3, 0.4) is 0 Å². The average molecular weight is 472 g/mol. The highest BCUT2D eigenvalue weighted by atomic mass is 32.2. The molecule has 3 rings (SSSR count). The topological polar surface area (TPSA) is 86.8 Å². The van der Waals surface area contributed by atoms with Crippen LogP contribution < -0.4 is 4.72 Å². The monoisotopic (exact) mass is 471 g/mol. The number of benzene rings is 2. The molecule has 33 heavy (non-hydrogen) atoms. The number of nitrogens with zero attached hydrogens (tertiary/aromatic N) is 2. The molecule has 1 atom stereocenters. The maximum atomic E-state index is 12.8. The van der Waals surface area contributed by atoms with E-state index in [1.54, 1.807) is 17.0 Å². The quantitative estimate of drug-likeness (QED) is 0.609. The van der Waals surface area contributed by atoms with Crippen molar-refractivity contribution in [1.29, 1.82) is 0 Å². The van der Waals surface area contributed by atoms with E-state index in [1.165, 1.54) is 17.7 Å². The van der Waals surface area contributed by atoms with E-state index >= 15 is 0 Å². The summed E-state index contributed by atoms with van der Waals surface area (Å²) < 4.78 is 27.4. The molecule has 2 amide bonds. The fraction of sp³-hybridized carbons (Fsp3) is 0.440. The van der Waals surface area contributed by atoms with Crippen molar-refractivity contribution in [1.82, 2.24) is 14.5 Å². The Morgan fingerprint density at radius 3 is 2.15 bits per heavy atom. The fourth-order valence-corrected chi connectivity index (χ4v) is 5.11. The summed E-state index contributed by atoms with van der Waals surface area (Å²) in [6.07, 6.45) is 2.88. The second-order valence-electron chi connectivity index (χ2n) is 8.47. The minimum Gasteiger partial charge on any atom is -0.339 e. The number of aryl methyl sites for hydroxylation is 1. The molecule has 1 unspecified atom stereocenters. The molecule has 0 radical (unpaired) electrons. The summed E-state index contributed by atoms with van der Waals surface area (Å²) in [6, 6.07) is 16.0. The number of rotatable bonds is 9. The van der Waals surface area contributed by atoms with Crippen LogP contribution in [-0.4, -0.2) is 62.3 Å². The summed E-state index contributed by atoms with van der Waals surface area (Å²) in [5, 5.41) is 0. The molecule has 1 saturated heterocycles. The Balaban J connectivity index is 1.48. The van der Waals surface area contributed by atoms with Gasteiger partial charge in [-0.05, 0) is 56.0 Å². The Labute approximate surface area is 196 Å². The first kappa shape index (κ1) is 24.9. The van der Waals surface area contributed by atoms with Gasteiger partial charge in [-0.3, -0.25) is 9.59 Å². The molecule has 1 aliphatic heterocycles. The normalized spacial score (nSPS) is 15.3. The van der Waals surface area contributed by atoms with Crippen molar-refractivity contribution in [2.24, 2.45) is 0 Å². The van der Waals surface area contributed by atoms with Crippen molar-refractivity contribution in [3.05, 3.63) is 65.7 Å². The van der Waals surface area contributed by atoms with Crippen molar-refractivity contribution in [3.63, 3.8) is 0 Å². The lowest BCUT2D eigenvalue weighted by Gasteiger charge is -2.35. The van der Waals surface area contributed by atoms with E-state index < -0.39 is 10.0 Å². The molecule has 0 aliphatic carbocycles. The standard InChI is InChI=1S/C25H33N3O4S/c1-3-20(2)26-33(31,32)23-14-12-22(13-15-23)25(30)28-18-16-27(17-19-28)24(29)11-7-10-21-8-5-4-6-9-21/h4-6,8-9,12-15,20,26H,3,7,10-11,16-19H2,1-2H3. The van der Waals surface area contributed by atoms with E-state index in [1.807, 2.05) is 36.9 Å². The van der Waals surface area contributed by atoms with Crippen LogP contribution in [0.4, 0.5) is 0 Å². The summed E-state index contributed by atoms with van der Waals surface area (Å²) >= 11 is 0. The second kappa shape index (κ2) is 11.4. The molecule has 2 aromatic carbocycles. The fourth-order valence-electron chi connectivity index (χ4n) is 3.78. The third-order valence-electron chi connectivity index (χ3n) is 6.00. The van der Waals surface area contributed by atoms with E-state index in [-0.39, 0.29) is 22.8 Å². The summed E-state index contributed by atoms with van der Waals surface area (Å²) in [5.41, 5.74) is 1.68. The van der Waals surface area contributed by atoms with E-state index in [2.05, 4.69) is 16.9 Å². The zero-order valence-corrected chi connectivity index (χ0v) is 20.2. The van der Waals surface area contributed by atoms with Gasteiger partial charge in [-0.15, -0.1) is 0 Å². The number of carbonyl (C=O) groups is 2. The Hall–Kier alpha value is -2.71. The first-order valence-corrected chi connectivity index (χ1v) is 13.0. The van der Waals surface area contributed by atoms with Gasteiger partial charge < -0.3 is 9.80 Å². The molecule has 0 aromatic heterocycles. The van der Waals surface area contributed by atoms with Gasteiger partial charge in [0.1, 0.15) is 0 Å². The lowest BCUT2D eigenvalue weighted by Crippen LogP contribution is -2.50. The van der Waals surface area contributed by atoms with E-state index in [9.17, 15) is 18.0 Å². The van der Waals surface area contributed by atoms with Gasteiger partial charge in [0.15, 0.2) is 0 Å². The van der Waals surface area contributed by atoms with Crippen LogP contribution in [0.15, 0.2) is 59.5 Å². The number of nitrogens with one attached hydrogen (secondary N) is 1. The summed E-state index contributed by atoms with van der Waals surface area (Å²) in [7, 11) is -3.60. The smallest absolute Gasteiger partial charge is 0.253 e. The minimum atomic E-state index is -3.60. The van der Waals surface area contributed by atoms with Crippen LogP contribution in [0.5, 0.6) is 0 Å². The maximum Gasteiger partial charge on any atom is 0.253 e. The maximum absolute atomic E-state index is 12.8. The summed E-state index contributed by atoms with van der Waals surface area (Å²) in [4.78, 5) is 29.1. The Kier molecular flexibility index (Phi) is 8.63. The molecule has 2 aromatic rings. The number of piperazine rings is 1. The molecule has 8 heteroatoms. The van der Waals surface area contributed by atoms with Gasteiger partial charge in [-0.2, -0.15) is 0 Å². The lowest BCUT2D eigenvalue weighted by atomic mass is 10.1.